The summed E-state index contributed by atoms with van der Waals surface area (Å²) in [6, 6.07) is 33.1. The molecule has 190 valence electrons. The summed E-state index contributed by atoms with van der Waals surface area (Å²) in [7, 11) is 2.27. The van der Waals surface area contributed by atoms with Crippen LogP contribution in [0.25, 0.3) is 22.3 Å². The Morgan fingerprint density at radius 1 is 0.447 bits per heavy atom. The van der Waals surface area contributed by atoms with Crippen molar-refractivity contribution in [2.24, 2.45) is 0 Å². The van der Waals surface area contributed by atoms with Crippen molar-refractivity contribution < 1.29 is 0 Å². The molecule has 0 amide bonds. The number of benzene rings is 4. The Balaban J connectivity index is 1.23. The topological polar surface area (TPSA) is 3.24 Å². The molecule has 4 aromatic rings. The minimum absolute atomic E-state index is 0.201. The van der Waals surface area contributed by atoms with Crippen molar-refractivity contribution in [1.82, 2.24) is 0 Å². The molecule has 0 saturated heterocycles. The van der Waals surface area contributed by atoms with Gasteiger partial charge in [-0.1, -0.05) is 99.2 Å². The van der Waals surface area contributed by atoms with Crippen LogP contribution in [0.4, 0.5) is 11.4 Å². The van der Waals surface area contributed by atoms with Gasteiger partial charge in [-0.2, -0.15) is 0 Å². The SMILES string of the molecule is CN(c1ccc2c(c1)C1(CCCCC1)c1ccccc1-2)c1ccc2c(c1)C1(CCCCC1)c1ccccc1-2. The summed E-state index contributed by atoms with van der Waals surface area (Å²) >= 11 is 0. The number of rotatable bonds is 2. The first-order valence-electron chi connectivity index (χ1n) is 14.9. The van der Waals surface area contributed by atoms with Crippen molar-refractivity contribution in [2.75, 3.05) is 11.9 Å². The largest absolute Gasteiger partial charge is 0.345 e. The summed E-state index contributed by atoms with van der Waals surface area (Å²) < 4.78 is 0. The van der Waals surface area contributed by atoms with Crippen molar-refractivity contribution in [2.45, 2.75) is 75.0 Å². The molecule has 0 aromatic heterocycles. The van der Waals surface area contributed by atoms with Crippen LogP contribution in [0, 0.1) is 0 Å². The summed E-state index contributed by atoms with van der Waals surface area (Å²) in [5.74, 6) is 0. The highest BCUT2D eigenvalue weighted by molar-refractivity contribution is 5.86. The second-order valence-corrected chi connectivity index (χ2v) is 12.4. The van der Waals surface area contributed by atoms with Gasteiger partial charge < -0.3 is 4.90 Å². The smallest absolute Gasteiger partial charge is 0.0411 e. The fourth-order valence-corrected chi connectivity index (χ4v) is 8.84. The summed E-state index contributed by atoms with van der Waals surface area (Å²) in [5.41, 5.74) is 15.2. The van der Waals surface area contributed by atoms with E-state index in [4.69, 9.17) is 0 Å². The van der Waals surface area contributed by atoms with Crippen LogP contribution >= 0.6 is 0 Å². The fraction of sp³-hybridized carbons (Fsp3) is 0.351. The quantitative estimate of drug-likeness (QED) is 0.267. The number of nitrogens with zero attached hydrogens (tertiary/aromatic N) is 1. The van der Waals surface area contributed by atoms with E-state index in [1.807, 2.05) is 0 Å². The third-order valence-electron chi connectivity index (χ3n) is 10.7. The summed E-state index contributed by atoms with van der Waals surface area (Å²) in [4.78, 5) is 2.44. The van der Waals surface area contributed by atoms with Crippen molar-refractivity contribution in [3.05, 3.63) is 107 Å². The molecule has 0 aliphatic heterocycles. The van der Waals surface area contributed by atoms with Gasteiger partial charge in [0.2, 0.25) is 0 Å². The Kier molecular flexibility index (Phi) is 4.97. The minimum Gasteiger partial charge on any atom is -0.345 e. The molecule has 2 saturated carbocycles. The molecule has 8 rings (SSSR count). The zero-order chi connectivity index (χ0) is 25.3. The molecule has 38 heavy (non-hydrogen) atoms. The van der Waals surface area contributed by atoms with E-state index in [2.05, 4.69) is 96.9 Å². The number of hydrogen-bond donors (Lipinski definition) is 0. The molecule has 4 aliphatic rings. The van der Waals surface area contributed by atoms with Gasteiger partial charge >= 0.3 is 0 Å². The lowest BCUT2D eigenvalue weighted by Gasteiger charge is -2.37. The highest BCUT2D eigenvalue weighted by Gasteiger charge is 2.45. The number of hydrogen-bond acceptors (Lipinski definition) is 1. The van der Waals surface area contributed by atoms with Gasteiger partial charge in [-0.15, -0.1) is 0 Å². The molecule has 0 atom stereocenters. The van der Waals surface area contributed by atoms with Crippen LogP contribution < -0.4 is 4.90 Å². The molecular formula is C37H37N. The molecule has 0 unspecified atom stereocenters. The maximum atomic E-state index is 2.54. The molecule has 1 heteroatoms. The second-order valence-electron chi connectivity index (χ2n) is 12.4. The third kappa shape index (κ3) is 2.99. The van der Waals surface area contributed by atoms with E-state index in [-0.39, 0.29) is 10.8 Å². The average Bonchev–Trinajstić information content (AvgIpc) is 3.40. The van der Waals surface area contributed by atoms with Crippen molar-refractivity contribution in [3.8, 4) is 22.3 Å². The predicted octanol–water partition coefficient (Wildman–Crippen LogP) is 9.92. The van der Waals surface area contributed by atoms with Crippen LogP contribution in [-0.2, 0) is 10.8 Å². The zero-order valence-corrected chi connectivity index (χ0v) is 22.6. The lowest BCUT2D eigenvalue weighted by atomic mass is 9.67. The van der Waals surface area contributed by atoms with Gasteiger partial charge in [-0.3, -0.25) is 0 Å². The van der Waals surface area contributed by atoms with E-state index in [9.17, 15) is 0 Å². The summed E-state index contributed by atoms with van der Waals surface area (Å²) in [5, 5.41) is 0. The lowest BCUT2D eigenvalue weighted by Crippen LogP contribution is -2.28. The van der Waals surface area contributed by atoms with Gasteiger partial charge in [-0.25, -0.2) is 0 Å². The van der Waals surface area contributed by atoms with Crippen LogP contribution in [0.15, 0.2) is 84.9 Å². The van der Waals surface area contributed by atoms with Crippen LogP contribution in [0.3, 0.4) is 0 Å². The summed E-state index contributed by atoms with van der Waals surface area (Å²) in [6.07, 6.45) is 13.2. The van der Waals surface area contributed by atoms with Crippen molar-refractivity contribution in [1.29, 1.82) is 0 Å². The zero-order valence-electron chi connectivity index (χ0n) is 22.6. The molecule has 2 fully saturated rings. The molecule has 0 radical (unpaired) electrons. The van der Waals surface area contributed by atoms with Crippen molar-refractivity contribution >= 4 is 11.4 Å². The van der Waals surface area contributed by atoms with E-state index in [0.29, 0.717) is 0 Å². The maximum Gasteiger partial charge on any atom is 0.0411 e. The monoisotopic (exact) mass is 495 g/mol. The molecule has 0 bridgehead atoms. The Hall–Kier alpha value is -3.32. The van der Waals surface area contributed by atoms with Crippen molar-refractivity contribution in [3.63, 3.8) is 0 Å². The lowest BCUT2D eigenvalue weighted by molar-refractivity contribution is 0.353. The fourth-order valence-electron chi connectivity index (χ4n) is 8.84. The first kappa shape index (κ1) is 22.6. The van der Waals surface area contributed by atoms with E-state index in [0.717, 1.165) is 0 Å². The van der Waals surface area contributed by atoms with E-state index in [1.165, 1.54) is 97.8 Å². The van der Waals surface area contributed by atoms with Crippen LogP contribution in [0.5, 0.6) is 0 Å². The Morgan fingerprint density at radius 2 is 0.842 bits per heavy atom. The van der Waals surface area contributed by atoms with E-state index in [1.54, 1.807) is 22.3 Å². The first-order chi connectivity index (χ1) is 18.7. The van der Waals surface area contributed by atoms with Gasteiger partial charge in [0.05, 0.1) is 0 Å². The van der Waals surface area contributed by atoms with Crippen LogP contribution in [0.2, 0.25) is 0 Å². The van der Waals surface area contributed by atoms with Gasteiger partial charge in [0, 0.05) is 29.3 Å². The van der Waals surface area contributed by atoms with Gasteiger partial charge in [-0.05, 0) is 94.5 Å². The maximum absolute atomic E-state index is 2.54. The Morgan fingerprint density at radius 3 is 1.29 bits per heavy atom. The molecule has 0 N–H and O–H groups in total. The number of fused-ring (bicyclic) bond motifs is 10. The summed E-state index contributed by atoms with van der Waals surface area (Å²) in [6.45, 7) is 0. The molecule has 1 nitrogen and oxygen atoms in total. The van der Waals surface area contributed by atoms with E-state index < -0.39 is 0 Å². The van der Waals surface area contributed by atoms with Crippen LogP contribution in [-0.4, -0.2) is 7.05 Å². The molecule has 4 aromatic carbocycles. The Labute approximate surface area is 227 Å². The molecular weight excluding hydrogens is 458 g/mol. The van der Waals surface area contributed by atoms with E-state index >= 15 is 0 Å². The third-order valence-corrected chi connectivity index (χ3v) is 10.7. The Bertz CT molecular complexity index is 1430. The van der Waals surface area contributed by atoms with Crippen LogP contribution in [0.1, 0.15) is 86.5 Å². The minimum atomic E-state index is 0.201. The average molecular weight is 496 g/mol. The first-order valence-corrected chi connectivity index (χ1v) is 14.9. The standard InChI is InChI=1S/C37H37N/c1-38(26-16-18-30-28-12-4-6-14-32(28)36(34(30)24-26)20-8-2-9-21-36)27-17-19-31-29-13-5-7-15-33(29)37(35(31)25-27)22-10-3-11-23-37/h4-7,12-19,24-25H,2-3,8-11,20-23H2,1H3. The highest BCUT2D eigenvalue weighted by atomic mass is 15.1. The second kappa shape index (κ2) is 8.34. The van der Waals surface area contributed by atoms with Gasteiger partial charge in [0.1, 0.15) is 0 Å². The molecule has 2 spiro atoms. The van der Waals surface area contributed by atoms with Gasteiger partial charge in [0.15, 0.2) is 0 Å². The molecule has 4 aliphatic carbocycles. The molecule has 0 heterocycles. The highest BCUT2D eigenvalue weighted by Crippen LogP contribution is 2.58. The number of anilines is 2. The van der Waals surface area contributed by atoms with Gasteiger partial charge in [0.25, 0.3) is 0 Å². The normalized spacial score (nSPS) is 19.6. The predicted molar refractivity (Wildman–Crippen MR) is 160 cm³/mol.